The van der Waals surface area contributed by atoms with Crippen molar-refractivity contribution in [2.75, 3.05) is 6.61 Å². The van der Waals surface area contributed by atoms with Crippen LogP contribution in [0.15, 0.2) is 79.1 Å². The summed E-state index contributed by atoms with van der Waals surface area (Å²) in [5.41, 5.74) is 3.77. The van der Waals surface area contributed by atoms with Crippen molar-refractivity contribution in [2.45, 2.75) is 25.6 Å². The van der Waals surface area contributed by atoms with Gasteiger partial charge in [-0.3, -0.25) is 0 Å². The van der Waals surface area contributed by atoms with Gasteiger partial charge < -0.3 is 15.0 Å². The molecule has 1 heterocycles. The van der Waals surface area contributed by atoms with Gasteiger partial charge >= 0.3 is 0 Å². The zero-order valence-corrected chi connectivity index (χ0v) is 13.8. The molecule has 3 heteroatoms. The molecule has 0 aliphatic carbocycles. The van der Waals surface area contributed by atoms with E-state index in [1.165, 1.54) is 16.7 Å². The van der Waals surface area contributed by atoms with E-state index < -0.39 is 0 Å². The fourth-order valence-corrected chi connectivity index (χ4v) is 2.93. The molecule has 0 spiro atoms. The third-order valence-corrected chi connectivity index (χ3v) is 4.19. The molecular formula is C21H24N2O. The molecular weight excluding hydrogens is 296 g/mol. The van der Waals surface area contributed by atoms with Gasteiger partial charge in [0.2, 0.25) is 0 Å². The van der Waals surface area contributed by atoms with Crippen molar-refractivity contribution >= 4 is 0 Å². The number of hydrogen-bond donors (Lipinski definition) is 2. The first-order chi connectivity index (χ1) is 11.8. The van der Waals surface area contributed by atoms with Gasteiger partial charge in [-0.05, 0) is 29.2 Å². The van der Waals surface area contributed by atoms with E-state index in [-0.39, 0.29) is 12.6 Å². The average molecular weight is 320 g/mol. The number of benzene rings is 2. The van der Waals surface area contributed by atoms with E-state index in [2.05, 4.69) is 64.7 Å². The van der Waals surface area contributed by atoms with Gasteiger partial charge in [0, 0.05) is 38.1 Å². The molecule has 0 aliphatic heterocycles. The van der Waals surface area contributed by atoms with Gasteiger partial charge in [-0.1, -0.05) is 60.7 Å². The minimum atomic E-state index is 0.175. The lowest BCUT2D eigenvalue weighted by Gasteiger charge is -2.18. The van der Waals surface area contributed by atoms with E-state index in [9.17, 15) is 5.11 Å². The van der Waals surface area contributed by atoms with Crippen LogP contribution in [0.3, 0.4) is 0 Å². The molecule has 0 saturated carbocycles. The summed E-state index contributed by atoms with van der Waals surface area (Å²) in [6.45, 7) is 1.86. The van der Waals surface area contributed by atoms with Crippen LogP contribution in [0.2, 0.25) is 0 Å². The highest BCUT2D eigenvalue weighted by molar-refractivity contribution is 5.20. The van der Waals surface area contributed by atoms with Crippen molar-refractivity contribution in [1.82, 2.24) is 9.88 Å². The lowest BCUT2D eigenvalue weighted by molar-refractivity contribution is 0.265. The number of rotatable bonds is 8. The predicted octanol–water partition coefficient (Wildman–Crippen LogP) is 3.75. The Morgan fingerprint density at radius 1 is 0.875 bits per heavy atom. The largest absolute Gasteiger partial charge is 0.396 e. The van der Waals surface area contributed by atoms with E-state index in [1.54, 1.807) is 0 Å². The minimum Gasteiger partial charge on any atom is -0.396 e. The van der Waals surface area contributed by atoms with E-state index in [1.807, 2.05) is 24.3 Å². The number of nitrogens with zero attached hydrogens (tertiary/aromatic N) is 1. The second-order valence-corrected chi connectivity index (χ2v) is 6.03. The molecule has 0 fully saturated rings. The molecule has 0 radical (unpaired) electrons. The van der Waals surface area contributed by atoms with Gasteiger partial charge in [-0.2, -0.15) is 0 Å². The maximum Gasteiger partial charge on any atom is 0.0470 e. The zero-order chi connectivity index (χ0) is 16.6. The summed E-state index contributed by atoms with van der Waals surface area (Å²) in [6, 6.07) is 23.1. The Kier molecular flexibility index (Phi) is 5.83. The number of aliphatic hydroxyl groups is 1. The summed E-state index contributed by atoms with van der Waals surface area (Å²) in [7, 11) is 0. The molecule has 3 aromatic rings. The van der Waals surface area contributed by atoms with Crippen LogP contribution in [-0.2, 0) is 13.1 Å². The molecule has 124 valence electrons. The molecule has 0 aliphatic rings. The Hall–Kier alpha value is -2.36. The molecule has 3 rings (SSSR count). The fourth-order valence-electron chi connectivity index (χ4n) is 2.93. The standard InChI is InChI=1S/C21H24N2O/c24-14-12-21(20-9-5-2-6-10-20)22-15-19-11-13-23(17-19)16-18-7-3-1-4-8-18/h1-11,13,17,21-22,24H,12,14-16H2/t21-/m1/s1. The summed E-state index contributed by atoms with van der Waals surface area (Å²) >= 11 is 0. The molecule has 1 aromatic heterocycles. The highest BCUT2D eigenvalue weighted by atomic mass is 16.3. The van der Waals surface area contributed by atoms with Crippen molar-refractivity contribution in [3.05, 3.63) is 95.8 Å². The van der Waals surface area contributed by atoms with E-state index >= 15 is 0 Å². The van der Waals surface area contributed by atoms with Crippen LogP contribution in [0.4, 0.5) is 0 Å². The van der Waals surface area contributed by atoms with Crippen molar-refractivity contribution in [3.63, 3.8) is 0 Å². The zero-order valence-electron chi connectivity index (χ0n) is 13.8. The van der Waals surface area contributed by atoms with Gasteiger partial charge in [0.05, 0.1) is 0 Å². The van der Waals surface area contributed by atoms with Crippen molar-refractivity contribution in [2.24, 2.45) is 0 Å². The Labute approximate surface area is 143 Å². The molecule has 0 unspecified atom stereocenters. The third kappa shape index (κ3) is 4.57. The monoisotopic (exact) mass is 320 g/mol. The van der Waals surface area contributed by atoms with Gasteiger partial charge in [0.15, 0.2) is 0 Å². The molecule has 0 bridgehead atoms. The first kappa shape index (κ1) is 16.5. The maximum atomic E-state index is 9.32. The first-order valence-electron chi connectivity index (χ1n) is 8.43. The Morgan fingerprint density at radius 3 is 2.29 bits per heavy atom. The van der Waals surface area contributed by atoms with Crippen molar-refractivity contribution in [1.29, 1.82) is 0 Å². The molecule has 0 amide bonds. The van der Waals surface area contributed by atoms with Crippen LogP contribution in [0, 0.1) is 0 Å². The SMILES string of the molecule is OCC[C@@H](NCc1ccn(Cc2ccccc2)c1)c1ccccc1. The smallest absolute Gasteiger partial charge is 0.0470 e. The van der Waals surface area contributed by atoms with Crippen LogP contribution in [-0.4, -0.2) is 16.3 Å². The summed E-state index contributed by atoms with van der Waals surface area (Å²) in [6.07, 6.45) is 5.02. The molecule has 1 atom stereocenters. The molecule has 0 saturated heterocycles. The second-order valence-electron chi connectivity index (χ2n) is 6.03. The second kappa shape index (κ2) is 8.48. The van der Waals surface area contributed by atoms with Gasteiger partial charge in [-0.25, -0.2) is 0 Å². The normalized spacial score (nSPS) is 12.2. The quantitative estimate of drug-likeness (QED) is 0.663. The van der Waals surface area contributed by atoms with Crippen LogP contribution < -0.4 is 5.32 Å². The van der Waals surface area contributed by atoms with Crippen molar-refractivity contribution < 1.29 is 5.11 Å². The number of aliphatic hydroxyl groups excluding tert-OH is 1. The highest BCUT2D eigenvalue weighted by Gasteiger charge is 2.10. The van der Waals surface area contributed by atoms with E-state index in [4.69, 9.17) is 0 Å². The molecule has 3 nitrogen and oxygen atoms in total. The number of hydrogen-bond acceptors (Lipinski definition) is 2. The van der Waals surface area contributed by atoms with Crippen molar-refractivity contribution in [3.8, 4) is 0 Å². The summed E-state index contributed by atoms with van der Waals surface area (Å²) in [4.78, 5) is 0. The number of aromatic nitrogens is 1. The minimum absolute atomic E-state index is 0.175. The van der Waals surface area contributed by atoms with Crippen LogP contribution >= 0.6 is 0 Å². The molecule has 2 N–H and O–H groups in total. The van der Waals surface area contributed by atoms with E-state index in [0.717, 1.165) is 19.5 Å². The summed E-state index contributed by atoms with van der Waals surface area (Å²) < 4.78 is 2.20. The fraction of sp³-hybridized carbons (Fsp3) is 0.238. The summed E-state index contributed by atoms with van der Waals surface area (Å²) in [5.74, 6) is 0. The predicted molar refractivity (Wildman–Crippen MR) is 97.7 cm³/mol. The average Bonchev–Trinajstić information content (AvgIpc) is 3.07. The van der Waals surface area contributed by atoms with Gasteiger partial charge in [0.1, 0.15) is 0 Å². The van der Waals surface area contributed by atoms with Crippen LogP contribution in [0.5, 0.6) is 0 Å². The van der Waals surface area contributed by atoms with Gasteiger partial charge in [-0.15, -0.1) is 0 Å². The lowest BCUT2D eigenvalue weighted by atomic mass is 10.0. The highest BCUT2D eigenvalue weighted by Crippen LogP contribution is 2.17. The summed E-state index contributed by atoms with van der Waals surface area (Å²) in [5, 5.41) is 12.9. The topological polar surface area (TPSA) is 37.2 Å². The number of nitrogens with one attached hydrogen (secondary N) is 1. The first-order valence-corrected chi connectivity index (χ1v) is 8.43. The Balaban J connectivity index is 1.59. The maximum absolute atomic E-state index is 9.32. The Bertz CT molecular complexity index is 722. The molecule has 2 aromatic carbocycles. The Morgan fingerprint density at radius 2 is 1.58 bits per heavy atom. The van der Waals surface area contributed by atoms with Gasteiger partial charge in [0.25, 0.3) is 0 Å². The lowest BCUT2D eigenvalue weighted by Crippen LogP contribution is -2.21. The van der Waals surface area contributed by atoms with Crippen LogP contribution in [0.25, 0.3) is 0 Å². The van der Waals surface area contributed by atoms with Crippen LogP contribution in [0.1, 0.15) is 29.2 Å². The van der Waals surface area contributed by atoms with E-state index in [0.29, 0.717) is 0 Å². The third-order valence-electron chi connectivity index (χ3n) is 4.19. The molecule has 24 heavy (non-hydrogen) atoms.